The number of aryl methyl sites for hydroxylation is 1. The van der Waals surface area contributed by atoms with E-state index in [1.54, 1.807) is 0 Å². The minimum Gasteiger partial charge on any atom is -0.292 e. The van der Waals surface area contributed by atoms with Gasteiger partial charge in [-0.25, -0.2) is 14.4 Å². The van der Waals surface area contributed by atoms with Crippen LogP contribution in [0.5, 0.6) is 0 Å². The topological polar surface area (TPSA) is 29.0 Å². The summed E-state index contributed by atoms with van der Waals surface area (Å²) in [6.07, 6.45) is 4.49. The van der Waals surface area contributed by atoms with Crippen molar-refractivity contribution in [2.45, 2.75) is 65.1 Å². The quantitative estimate of drug-likeness (QED) is 0.796. The van der Waals surface area contributed by atoms with Crippen molar-refractivity contribution >= 4 is 21.6 Å². The lowest BCUT2D eigenvalue weighted by atomic mass is 9.73. The first-order valence-corrected chi connectivity index (χ1v) is 9.85. The predicted octanol–water partition coefficient (Wildman–Crippen LogP) is 4.84. The Balaban J connectivity index is 1.60. The normalized spacial score (nSPS) is 22.8. The van der Waals surface area contributed by atoms with Crippen molar-refractivity contribution in [3.05, 3.63) is 22.5 Å². The minimum atomic E-state index is -0.660. The molecule has 1 aliphatic heterocycles. The fraction of sp³-hybridized carbons (Fsp3) is 0.684. The van der Waals surface area contributed by atoms with Crippen molar-refractivity contribution < 1.29 is 4.39 Å². The molecule has 5 heteroatoms. The van der Waals surface area contributed by atoms with E-state index < -0.39 is 6.17 Å². The Hall–Kier alpha value is -1.07. The molecule has 0 bridgehead atoms. The lowest BCUT2D eigenvalue weighted by Crippen LogP contribution is -2.47. The van der Waals surface area contributed by atoms with Crippen LogP contribution in [-0.4, -0.2) is 34.1 Å². The van der Waals surface area contributed by atoms with Crippen LogP contribution in [0.15, 0.2) is 6.07 Å². The van der Waals surface area contributed by atoms with Crippen molar-refractivity contribution in [3.63, 3.8) is 0 Å². The Morgan fingerprint density at radius 1 is 1.25 bits per heavy atom. The van der Waals surface area contributed by atoms with Gasteiger partial charge in [0.1, 0.15) is 16.8 Å². The van der Waals surface area contributed by atoms with Gasteiger partial charge in [0.25, 0.3) is 0 Å². The Morgan fingerprint density at radius 2 is 1.96 bits per heavy atom. The molecule has 0 amide bonds. The molecule has 24 heavy (non-hydrogen) atoms. The minimum absolute atomic E-state index is 0.495. The molecule has 0 aromatic carbocycles. The SMILES string of the molecule is Cc1nc(CN2CC(F)C2)c2cc(C3CCC(C)(C)CC3)sc2n1. The molecule has 3 heterocycles. The lowest BCUT2D eigenvalue weighted by molar-refractivity contribution is 0.0584. The number of nitrogens with zero attached hydrogens (tertiary/aromatic N) is 3. The molecule has 2 fully saturated rings. The molecule has 0 spiro atoms. The lowest BCUT2D eigenvalue weighted by Gasteiger charge is -2.34. The maximum Gasteiger partial charge on any atom is 0.127 e. The zero-order valence-corrected chi connectivity index (χ0v) is 15.6. The first-order valence-electron chi connectivity index (χ1n) is 9.03. The van der Waals surface area contributed by atoms with Crippen molar-refractivity contribution in [2.24, 2.45) is 5.41 Å². The third kappa shape index (κ3) is 3.21. The molecule has 2 aliphatic rings. The van der Waals surface area contributed by atoms with Crippen LogP contribution in [0.4, 0.5) is 4.39 Å². The number of alkyl halides is 1. The maximum absolute atomic E-state index is 13.1. The van der Waals surface area contributed by atoms with E-state index in [0.717, 1.165) is 22.9 Å². The number of hydrogen-bond donors (Lipinski definition) is 0. The Bertz CT molecular complexity index is 738. The molecular formula is C19H26FN3S. The van der Waals surface area contributed by atoms with E-state index in [1.807, 2.05) is 18.3 Å². The van der Waals surface area contributed by atoms with Crippen LogP contribution in [0, 0.1) is 12.3 Å². The highest BCUT2D eigenvalue weighted by atomic mass is 32.1. The van der Waals surface area contributed by atoms with Crippen molar-refractivity contribution in [2.75, 3.05) is 13.1 Å². The molecule has 2 aromatic rings. The summed E-state index contributed by atoms with van der Waals surface area (Å²) in [5.41, 5.74) is 1.57. The van der Waals surface area contributed by atoms with Crippen LogP contribution in [0.25, 0.3) is 10.2 Å². The zero-order chi connectivity index (χ0) is 16.9. The van der Waals surface area contributed by atoms with E-state index in [4.69, 9.17) is 0 Å². The fourth-order valence-corrected chi connectivity index (χ4v) is 5.24. The van der Waals surface area contributed by atoms with Gasteiger partial charge in [0.15, 0.2) is 0 Å². The van der Waals surface area contributed by atoms with Gasteiger partial charge in [-0.1, -0.05) is 13.8 Å². The fourth-order valence-electron chi connectivity index (χ4n) is 3.97. The summed E-state index contributed by atoms with van der Waals surface area (Å²) in [6.45, 7) is 8.55. The highest BCUT2D eigenvalue weighted by Gasteiger charge is 2.30. The van der Waals surface area contributed by atoms with Crippen molar-refractivity contribution in [1.82, 2.24) is 14.9 Å². The number of thiophene rings is 1. The van der Waals surface area contributed by atoms with E-state index in [2.05, 4.69) is 34.8 Å². The highest BCUT2D eigenvalue weighted by molar-refractivity contribution is 7.18. The standard InChI is InChI=1S/C19H26FN3S/c1-12-21-16(11-23-9-14(20)10-23)15-8-17(24-18(15)22-12)13-4-6-19(2,3)7-5-13/h8,13-14H,4-7,9-11H2,1-3H3. The molecule has 4 rings (SSSR count). The molecule has 0 unspecified atom stereocenters. The van der Waals surface area contributed by atoms with Gasteiger partial charge in [-0.2, -0.15) is 0 Å². The summed E-state index contributed by atoms with van der Waals surface area (Å²) >= 11 is 1.84. The molecule has 2 aromatic heterocycles. The molecule has 3 nitrogen and oxygen atoms in total. The van der Waals surface area contributed by atoms with Gasteiger partial charge in [-0.05, 0) is 50.0 Å². The summed E-state index contributed by atoms with van der Waals surface area (Å²) in [6, 6.07) is 2.32. The Morgan fingerprint density at radius 3 is 2.62 bits per heavy atom. The highest BCUT2D eigenvalue weighted by Crippen LogP contribution is 2.45. The summed E-state index contributed by atoms with van der Waals surface area (Å²) in [5, 5.41) is 1.19. The van der Waals surface area contributed by atoms with Crippen LogP contribution >= 0.6 is 11.3 Å². The van der Waals surface area contributed by atoms with Crippen molar-refractivity contribution in [1.29, 1.82) is 0 Å². The van der Waals surface area contributed by atoms with Crippen LogP contribution in [0.2, 0.25) is 0 Å². The molecule has 0 atom stereocenters. The number of hydrogen-bond acceptors (Lipinski definition) is 4. The molecule has 0 N–H and O–H groups in total. The van der Waals surface area contributed by atoms with E-state index in [9.17, 15) is 4.39 Å². The van der Waals surface area contributed by atoms with Gasteiger partial charge in [-0.3, -0.25) is 4.90 Å². The summed E-state index contributed by atoms with van der Waals surface area (Å²) in [7, 11) is 0. The number of fused-ring (bicyclic) bond motifs is 1. The van der Waals surface area contributed by atoms with Gasteiger partial charge in [0.2, 0.25) is 0 Å². The number of likely N-dealkylation sites (tertiary alicyclic amines) is 1. The van der Waals surface area contributed by atoms with Crippen LogP contribution in [-0.2, 0) is 6.54 Å². The van der Waals surface area contributed by atoms with E-state index in [-0.39, 0.29) is 0 Å². The maximum atomic E-state index is 13.1. The van der Waals surface area contributed by atoms with Crippen LogP contribution < -0.4 is 0 Å². The van der Waals surface area contributed by atoms with E-state index >= 15 is 0 Å². The average Bonchev–Trinajstić information content (AvgIpc) is 2.89. The molecule has 1 aliphatic carbocycles. The smallest absolute Gasteiger partial charge is 0.127 e. The second-order valence-corrected chi connectivity index (χ2v) is 9.38. The van der Waals surface area contributed by atoms with Gasteiger partial charge in [0, 0.05) is 29.9 Å². The summed E-state index contributed by atoms with van der Waals surface area (Å²) in [4.78, 5) is 14.0. The molecular weight excluding hydrogens is 321 g/mol. The molecule has 130 valence electrons. The Kier molecular flexibility index (Phi) is 4.12. The van der Waals surface area contributed by atoms with Gasteiger partial charge >= 0.3 is 0 Å². The van der Waals surface area contributed by atoms with Gasteiger partial charge < -0.3 is 0 Å². The number of rotatable bonds is 3. The molecule has 1 saturated carbocycles. The van der Waals surface area contributed by atoms with Crippen molar-refractivity contribution in [3.8, 4) is 0 Å². The van der Waals surface area contributed by atoms with Crippen LogP contribution in [0.1, 0.15) is 61.8 Å². The average molecular weight is 348 g/mol. The Labute approximate surface area is 147 Å². The number of aromatic nitrogens is 2. The first-order chi connectivity index (χ1) is 11.4. The van der Waals surface area contributed by atoms with Gasteiger partial charge in [-0.15, -0.1) is 11.3 Å². The number of halogens is 1. The molecule has 0 radical (unpaired) electrons. The summed E-state index contributed by atoms with van der Waals surface area (Å²) in [5.74, 6) is 1.50. The second-order valence-electron chi connectivity index (χ2n) is 8.31. The summed E-state index contributed by atoms with van der Waals surface area (Å²) < 4.78 is 13.1. The zero-order valence-electron chi connectivity index (χ0n) is 14.8. The first kappa shape index (κ1) is 16.4. The van der Waals surface area contributed by atoms with Crippen LogP contribution in [0.3, 0.4) is 0 Å². The predicted molar refractivity (Wildman–Crippen MR) is 97.3 cm³/mol. The second kappa shape index (κ2) is 6.03. The third-order valence-corrected chi connectivity index (χ3v) is 6.82. The molecule has 1 saturated heterocycles. The van der Waals surface area contributed by atoms with E-state index in [0.29, 0.717) is 24.4 Å². The third-order valence-electron chi connectivity index (χ3n) is 5.63. The monoisotopic (exact) mass is 347 g/mol. The van der Waals surface area contributed by atoms with E-state index in [1.165, 1.54) is 35.9 Å². The largest absolute Gasteiger partial charge is 0.292 e. The van der Waals surface area contributed by atoms with Gasteiger partial charge in [0.05, 0.1) is 5.69 Å².